The largest absolute Gasteiger partial charge is 0.481 e. The van der Waals surface area contributed by atoms with Crippen molar-refractivity contribution in [2.24, 2.45) is 17.8 Å². The first-order valence-corrected chi connectivity index (χ1v) is 7.83. The number of hydrogen-bond donors (Lipinski definition) is 1. The van der Waals surface area contributed by atoms with Crippen LogP contribution in [0, 0.1) is 17.8 Å². The number of thiophene rings is 1. The van der Waals surface area contributed by atoms with E-state index in [0.717, 1.165) is 31.6 Å². The van der Waals surface area contributed by atoms with E-state index in [4.69, 9.17) is 0 Å². The van der Waals surface area contributed by atoms with E-state index < -0.39 is 5.97 Å². The maximum Gasteiger partial charge on any atom is 0.306 e. The van der Waals surface area contributed by atoms with Gasteiger partial charge in [-0.2, -0.15) is 0 Å². The highest BCUT2D eigenvalue weighted by Crippen LogP contribution is 2.38. The van der Waals surface area contributed by atoms with Crippen molar-refractivity contribution in [2.75, 3.05) is 0 Å². The van der Waals surface area contributed by atoms with E-state index in [2.05, 4.69) is 24.4 Å². The van der Waals surface area contributed by atoms with Crippen molar-refractivity contribution in [3.8, 4) is 0 Å². The van der Waals surface area contributed by atoms with Crippen molar-refractivity contribution in [2.45, 2.75) is 45.4 Å². The van der Waals surface area contributed by atoms with Gasteiger partial charge in [0, 0.05) is 4.88 Å². The molecule has 3 atom stereocenters. The van der Waals surface area contributed by atoms with Crippen LogP contribution in [-0.2, 0) is 11.2 Å². The molecule has 1 aliphatic carbocycles. The van der Waals surface area contributed by atoms with Gasteiger partial charge in [0.2, 0.25) is 0 Å². The molecule has 1 aliphatic rings. The highest BCUT2D eigenvalue weighted by atomic mass is 32.1. The van der Waals surface area contributed by atoms with Gasteiger partial charge in [0.25, 0.3) is 0 Å². The first-order chi connectivity index (χ1) is 8.70. The van der Waals surface area contributed by atoms with Crippen LogP contribution in [0.5, 0.6) is 0 Å². The molecule has 3 heteroatoms. The minimum Gasteiger partial charge on any atom is -0.481 e. The maximum atomic E-state index is 11.4. The van der Waals surface area contributed by atoms with Crippen LogP contribution in [0.15, 0.2) is 17.5 Å². The molecular formula is C15H22O2S. The molecule has 2 rings (SSSR count). The fraction of sp³-hybridized carbons (Fsp3) is 0.667. The lowest BCUT2D eigenvalue weighted by molar-refractivity contribution is -0.145. The molecule has 1 saturated carbocycles. The molecule has 1 heterocycles. The van der Waals surface area contributed by atoms with E-state index in [1.54, 1.807) is 11.3 Å². The molecule has 1 aromatic rings. The van der Waals surface area contributed by atoms with Crippen molar-refractivity contribution in [3.05, 3.63) is 22.4 Å². The van der Waals surface area contributed by atoms with Crippen molar-refractivity contribution in [1.82, 2.24) is 0 Å². The average molecular weight is 266 g/mol. The van der Waals surface area contributed by atoms with Crippen LogP contribution in [0.4, 0.5) is 0 Å². The standard InChI is InChI=1S/C15H22O2S/c1-2-4-11-6-7-14(15(16)17)12(9-11)10-13-5-3-8-18-13/h3,5,8,11-12,14H,2,4,6-7,9-10H2,1H3,(H,16,17). The van der Waals surface area contributed by atoms with Gasteiger partial charge in [0.15, 0.2) is 0 Å². The second-order valence-electron chi connectivity index (χ2n) is 5.46. The number of carboxylic acids is 1. The molecule has 0 saturated heterocycles. The first kappa shape index (κ1) is 13.6. The Labute approximate surface area is 113 Å². The Morgan fingerprint density at radius 1 is 1.50 bits per heavy atom. The first-order valence-electron chi connectivity index (χ1n) is 6.96. The summed E-state index contributed by atoms with van der Waals surface area (Å²) < 4.78 is 0. The van der Waals surface area contributed by atoms with Crippen molar-refractivity contribution in [1.29, 1.82) is 0 Å². The lowest BCUT2D eigenvalue weighted by atomic mass is 9.71. The van der Waals surface area contributed by atoms with E-state index in [1.807, 2.05) is 0 Å². The summed E-state index contributed by atoms with van der Waals surface area (Å²) in [5.41, 5.74) is 0. The van der Waals surface area contributed by atoms with Crippen LogP contribution < -0.4 is 0 Å². The molecule has 100 valence electrons. The molecule has 0 amide bonds. The Balaban J connectivity index is 2.02. The predicted octanol–water partition coefficient (Wildman–Crippen LogP) is 4.21. The van der Waals surface area contributed by atoms with Crippen molar-refractivity contribution >= 4 is 17.3 Å². The van der Waals surface area contributed by atoms with Crippen LogP contribution >= 0.6 is 11.3 Å². The number of carbonyl (C=O) groups is 1. The summed E-state index contributed by atoms with van der Waals surface area (Å²) in [5.74, 6) is 0.369. The molecule has 0 aliphatic heterocycles. The molecular weight excluding hydrogens is 244 g/mol. The van der Waals surface area contributed by atoms with E-state index in [1.165, 1.54) is 17.7 Å². The number of aliphatic carboxylic acids is 1. The van der Waals surface area contributed by atoms with Crippen LogP contribution in [0.3, 0.4) is 0 Å². The van der Waals surface area contributed by atoms with Crippen molar-refractivity contribution in [3.63, 3.8) is 0 Å². The van der Waals surface area contributed by atoms with Gasteiger partial charge in [0.05, 0.1) is 5.92 Å². The minimum absolute atomic E-state index is 0.125. The summed E-state index contributed by atoms with van der Waals surface area (Å²) in [4.78, 5) is 12.7. The Morgan fingerprint density at radius 2 is 2.33 bits per heavy atom. The lowest BCUT2D eigenvalue weighted by Crippen LogP contribution is -2.31. The maximum absolute atomic E-state index is 11.4. The molecule has 1 aromatic heterocycles. The van der Waals surface area contributed by atoms with Gasteiger partial charge in [-0.25, -0.2) is 0 Å². The topological polar surface area (TPSA) is 37.3 Å². The highest BCUT2D eigenvalue weighted by Gasteiger charge is 2.34. The average Bonchev–Trinajstić information content (AvgIpc) is 2.82. The van der Waals surface area contributed by atoms with Gasteiger partial charge in [0.1, 0.15) is 0 Å². The van der Waals surface area contributed by atoms with Crippen molar-refractivity contribution < 1.29 is 9.90 Å². The third kappa shape index (κ3) is 3.35. The quantitative estimate of drug-likeness (QED) is 0.867. The summed E-state index contributed by atoms with van der Waals surface area (Å²) in [6.07, 6.45) is 6.50. The van der Waals surface area contributed by atoms with Crippen LogP contribution in [-0.4, -0.2) is 11.1 Å². The van der Waals surface area contributed by atoms with E-state index in [0.29, 0.717) is 5.92 Å². The van der Waals surface area contributed by atoms with Gasteiger partial charge < -0.3 is 5.11 Å². The summed E-state index contributed by atoms with van der Waals surface area (Å²) in [6, 6.07) is 4.19. The second-order valence-corrected chi connectivity index (χ2v) is 6.49. The Morgan fingerprint density at radius 3 is 2.94 bits per heavy atom. The summed E-state index contributed by atoms with van der Waals surface area (Å²) in [5, 5.41) is 11.4. The van der Waals surface area contributed by atoms with Crippen LogP contribution in [0.2, 0.25) is 0 Å². The molecule has 0 aromatic carbocycles. The molecule has 2 nitrogen and oxygen atoms in total. The zero-order valence-corrected chi connectivity index (χ0v) is 11.8. The summed E-state index contributed by atoms with van der Waals surface area (Å²) in [6.45, 7) is 2.22. The van der Waals surface area contributed by atoms with Gasteiger partial charge in [-0.15, -0.1) is 11.3 Å². The predicted molar refractivity (Wildman–Crippen MR) is 74.9 cm³/mol. The van der Waals surface area contributed by atoms with Gasteiger partial charge in [-0.3, -0.25) is 4.79 Å². The lowest BCUT2D eigenvalue weighted by Gasteiger charge is -2.33. The molecule has 18 heavy (non-hydrogen) atoms. The normalized spacial score (nSPS) is 28.2. The monoisotopic (exact) mass is 266 g/mol. The smallest absolute Gasteiger partial charge is 0.306 e. The Bertz CT molecular complexity index is 372. The SMILES string of the molecule is CCCC1CCC(C(=O)O)C(Cc2cccs2)C1. The zero-order valence-electron chi connectivity index (χ0n) is 11.0. The van der Waals surface area contributed by atoms with Gasteiger partial charge in [-0.1, -0.05) is 25.8 Å². The fourth-order valence-electron chi connectivity index (χ4n) is 3.27. The van der Waals surface area contributed by atoms with E-state index in [9.17, 15) is 9.90 Å². The molecule has 0 bridgehead atoms. The molecule has 1 fully saturated rings. The summed E-state index contributed by atoms with van der Waals surface area (Å²) >= 11 is 1.75. The minimum atomic E-state index is -0.591. The third-order valence-electron chi connectivity index (χ3n) is 4.15. The fourth-order valence-corrected chi connectivity index (χ4v) is 4.07. The van der Waals surface area contributed by atoms with E-state index in [-0.39, 0.29) is 5.92 Å². The molecule has 0 spiro atoms. The van der Waals surface area contributed by atoms with Crippen LogP contribution in [0.1, 0.15) is 43.9 Å². The highest BCUT2D eigenvalue weighted by molar-refractivity contribution is 7.09. The molecule has 1 N–H and O–H groups in total. The Hall–Kier alpha value is -0.830. The van der Waals surface area contributed by atoms with Gasteiger partial charge in [-0.05, 0) is 49.0 Å². The number of hydrogen-bond acceptors (Lipinski definition) is 2. The summed E-state index contributed by atoms with van der Waals surface area (Å²) in [7, 11) is 0. The Kier molecular flexibility index (Phi) is 4.81. The number of rotatable bonds is 5. The zero-order chi connectivity index (χ0) is 13.0. The van der Waals surface area contributed by atoms with Crippen LogP contribution in [0.25, 0.3) is 0 Å². The number of carboxylic acid groups (broad SMARTS) is 1. The molecule has 3 unspecified atom stereocenters. The third-order valence-corrected chi connectivity index (χ3v) is 5.05. The second kappa shape index (κ2) is 6.37. The molecule has 0 radical (unpaired) electrons. The van der Waals surface area contributed by atoms with E-state index >= 15 is 0 Å². The van der Waals surface area contributed by atoms with Gasteiger partial charge >= 0.3 is 5.97 Å².